The summed E-state index contributed by atoms with van der Waals surface area (Å²) in [6.45, 7) is 0.707. The molecular formula is C14H18BrN3O3. The Bertz CT molecular complexity index is 620. The van der Waals surface area contributed by atoms with Crippen molar-refractivity contribution < 1.29 is 9.53 Å². The van der Waals surface area contributed by atoms with Crippen molar-refractivity contribution in [3.8, 4) is 0 Å². The summed E-state index contributed by atoms with van der Waals surface area (Å²) >= 11 is 3.30. The number of hydrogen-bond donors (Lipinski definition) is 1. The molecule has 7 heteroatoms. The highest BCUT2D eigenvalue weighted by Gasteiger charge is 2.53. The van der Waals surface area contributed by atoms with E-state index >= 15 is 0 Å². The van der Waals surface area contributed by atoms with E-state index < -0.39 is 5.97 Å². The van der Waals surface area contributed by atoms with Gasteiger partial charge < -0.3 is 10.1 Å². The molecule has 1 aromatic heterocycles. The van der Waals surface area contributed by atoms with Crippen LogP contribution >= 0.6 is 15.9 Å². The highest BCUT2D eigenvalue weighted by atomic mass is 79.9. The van der Waals surface area contributed by atoms with Crippen LogP contribution in [0.15, 0.2) is 15.5 Å². The van der Waals surface area contributed by atoms with Crippen LogP contribution in [0.4, 0.5) is 5.69 Å². The van der Waals surface area contributed by atoms with Crippen LogP contribution in [-0.2, 0) is 16.1 Å². The lowest BCUT2D eigenvalue weighted by Crippen LogP contribution is -2.29. The molecule has 114 valence electrons. The summed E-state index contributed by atoms with van der Waals surface area (Å²) in [6.07, 6.45) is 6.80. The van der Waals surface area contributed by atoms with E-state index in [1.165, 1.54) is 32.8 Å². The van der Waals surface area contributed by atoms with E-state index in [9.17, 15) is 9.59 Å². The highest BCUT2D eigenvalue weighted by Crippen LogP contribution is 2.61. The van der Waals surface area contributed by atoms with Gasteiger partial charge in [0.25, 0.3) is 5.56 Å². The number of halogens is 1. The molecule has 0 aromatic carbocycles. The van der Waals surface area contributed by atoms with Crippen LogP contribution in [0.2, 0.25) is 0 Å². The van der Waals surface area contributed by atoms with Crippen molar-refractivity contribution in [3.63, 3.8) is 0 Å². The maximum Gasteiger partial charge on any atom is 0.327 e. The fraction of sp³-hybridized carbons (Fsp3) is 0.643. The summed E-state index contributed by atoms with van der Waals surface area (Å²) in [4.78, 5) is 23.4. The molecule has 0 amide bonds. The number of carbonyl (C=O) groups excluding carboxylic acids is 1. The zero-order valence-electron chi connectivity index (χ0n) is 11.9. The van der Waals surface area contributed by atoms with E-state index in [4.69, 9.17) is 0 Å². The molecule has 0 spiro atoms. The minimum Gasteiger partial charge on any atom is -0.468 e. The van der Waals surface area contributed by atoms with Crippen LogP contribution in [0, 0.1) is 11.3 Å². The first-order chi connectivity index (χ1) is 10.1. The van der Waals surface area contributed by atoms with Crippen LogP contribution in [0.1, 0.15) is 25.7 Å². The molecule has 0 atom stereocenters. The van der Waals surface area contributed by atoms with Crippen LogP contribution in [0.5, 0.6) is 0 Å². The van der Waals surface area contributed by atoms with E-state index in [1.807, 2.05) is 0 Å². The third-order valence-electron chi connectivity index (χ3n) is 4.46. The maximum absolute atomic E-state index is 12.1. The Labute approximate surface area is 131 Å². The first-order valence-corrected chi connectivity index (χ1v) is 7.91. The van der Waals surface area contributed by atoms with Crippen molar-refractivity contribution in [2.75, 3.05) is 19.0 Å². The molecular weight excluding hydrogens is 338 g/mol. The first-order valence-electron chi connectivity index (χ1n) is 7.12. The Morgan fingerprint density at radius 1 is 1.57 bits per heavy atom. The molecule has 6 nitrogen and oxygen atoms in total. The van der Waals surface area contributed by atoms with Gasteiger partial charge in [0.05, 0.1) is 19.0 Å². The number of methoxy groups -OCH3 is 1. The topological polar surface area (TPSA) is 73.2 Å². The van der Waals surface area contributed by atoms with Gasteiger partial charge in [-0.15, -0.1) is 0 Å². The second-order valence-electron chi connectivity index (χ2n) is 5.90. The molecule has 2 saturated carbocycles. The number of nitrogens with zero attached hydrogens (tertiary/aromatic N) is 2. The lowest BCUT2D eigenvalue weighted by Gasteiger charge is -2.16. The smallest absolute Gasteiger partial charge is 0.327 e. The largest absolute Gasteiger partial charge is 0.468 e. The average Bonchev–Trinajstić information content (AvgIpc) is 3.35. The fourth-order valence-electron chi connectivity index (χ4n) is 2.74. The number of ether oxygens (including phenoxy) is 1. The van der Waals surface area contributed by atoms with Gasteiger partial charge in [-0.25, -0.2) is 4.68 Å². The minimum atomic E-state index is -0.497. The highest BCUT2D eigenvalue weighted by molar-refractivity contribution is 9.10. The lowest BCUT2D eigenvalue weighted by atomic mass is 10.0. The van der Waals surface area contributed by atoms with Gasteiger partial charge in [-0.3, -0.25) is 9.59 Å². The molecule has 2 fully saturated rings. The number of esters is 1. The van der Waals surface area contributed by atoms with Gasteiger partial charge in [0.1, 0.15) is 11.0 Å². The van der Waals surface area contributed by atoms with E-state index in [1.54, 1.807) is 6.20 Å². The van der Waals surface area contributed by atoms with E-state index in [-0.39, 0.29) is 12.1 Å². The van der Waals surface area contributed by atoms with Crippen molar-refractivity contribution in [3.05, 3.63) is 21.0 Å². The summed E-state index contributed by atoms with van der Waals surface area (Å²) < 4.78 is 6.05. The van der Waals surface area contributed by atoms with Gasteiger partial charge in [-0.1, -0.05) is 0 Å². The molecule has 2 aliphatic rings. The second kappa shape index (κ2) is 5.44. The Kier molecular flexibility index (Phi) is 3.77. The Balaban J connectivity index is 1.70. The Morgan fingerprint density at radius 2 is 2.29 bits per heavy atom. The molecule has 1 aromatic rings. The number of anilines is 1. The van der Waals surface area contributed by atoms with Gasteiger partial charge in [-0.05, 0) is 52.9 Å². The molecule has 0 saturated heterocycles. The van der Waals surface area contributed by atoms with Crippen molar-refractivity contribution in [1.29, 1.82) is 0 Å². The van der Waals surface area contributed by atoms with Crippen molar-refractivity contribution >= 4 is 27.6 Å². The molecule has 1 N–H and O–H groups in total. The molecule has 0 aliphatic heterocycles. The Hall–Kier alpha value is -1.37. The number of nitrogens with one attached hydrogen (secondary N) is 1. The fourth-order valence-corrected chi connectivity index (χ4v) is 3.19. The number of carbonyl (C=O) groups is 1. The molecule has 2 aliphatic carbocycles. The van der Waals surface area contributed by atoms with Crippen molar-refractivity contribution in [1.82, 2.24) is 9.78 Å². The summed E-state index contributed by atoms with van der Waals surface area (Å²) in [6, 6.07) is 0. The van der Waals surface area contributed by atoms with Gasteiger partial charge in [-0.2, -0.15) is 5.10 Å². The van der Waals surface area contributed by atoms with Crippen LogP contribution in [0.25, 0.3) is 0 Å². The van der Waals surface area contributed by atoms with Gasteiger partial charge >= 0.3 is 5.97 Å². The normalized spacial score (nSPS) is 19.1. The number of rotatable bonds is 6. The summed E-state index contributed by atoms with van der Waals surface area (Å²) in [7, 11) is 1.28. The van der Waals surface area contributed by atoms with Gasteiger partial charge in [0.15, 0.2) is 0 Å². The van der Waals surface area contributed by atoms with Crippen molar-refractivity contribution in [2.24, 2.45) is 11.3 Å². The predicted octanol–water partition coefficient (Wildman–Crippen LogP) is 1.78. The minimum absolute atomic E-state index is 0.180. The summed E-state index contributed by atoms with van der Waals surface area (Å²) in [5, 5.41) is 7.35. The first kappa shape index (κ1) is 14.6. The SMILES string of the molecule is COC(=O)Cn1ncc(NCC2(C3CC3)CC2)c(Br)c1=O. The third-order valence-corrected chi connectivity index (χ3v) is 5.22. The quantitative estimate of drug-likeness (QED) is 0.787. The number of aromatic nitrogens is 2. The molecule has 3 rings (SSSR count). The Morgan fingerprint density at radius 3 is 2.86 bits per heavy atom. The van der Waals surface area contributed by atoms with Gasteiger partial charge in [0.2, 0.25) is 0 Å². The summed E-state index contributed by atoms with van der Waals surface area (Å²) in [5.74, 6) is 0.360. The zero-order valence-corrected chi connectivity index (χ0v) is 13.5. The van der Waals surface area contributed by atoms with Crippen molar-refractivity contribution in [2.45, 2.75) is 32.2 Å². The molecule has 0 radical (unpaired) electrons. The maximum atomic E-state index is 12.1. The molecule has 0 bridgehead atoms. The zero-order chi connectivity index (χ0) is 15.0. The van der Waals surface area contributed by atoms with Crippen LogP contribution < -0.4 is 10.9 Å². The molecule has 1 heterocycles. The van der Waals surface area contributed by atoms with Crippen LogP contribution in [0.3, 0.4) is 0 Å². The average molecular weight is 356 g/mol. The standard InChI is InChI=1S/C14H18BrN3O3/c1-21-11(19)7-18-13(20)12(15)10(6-17-18)16-8-14(4-5-14)9-2-3-9/h6,9,16H,2-5,7-8H2,1H3. The predicted molar refractivity (Wildman–Crippen MR) is 81.1 cm³/mol. The van der Waals surface area contributed by atoms with E-state index in [0.717, 1.165) is 17.1 Å². The van der Waals surface area contributed by atoms with E-state index in [0.29, 0.717) is 15.6 Å². The molecule has 21 heavy (non-hydrogen) atoms. The van der Waals surface area contributed by atoms with Gasteiger partial charge in [0, 0.05) is 6.54 Å². The summed E-state index contributed by atoms with van der Waals surface area (Å²) in [5.41, 5.74) is 0.801. The monoisotopic (exact) mass is 355 g/mol. The van der Waals surface area contributed by atoms with Crippen LogP contribution in [-0.4, -0.2) is 29.4 Å². The lowest BCUT2D eigenvalue weighted by molar-refractivity contribution is -0.141. The van der Waals surface area contributed by atoms with E-state index in [2.05, 4.69) is 31.1 Å². The number of hydrogen-bond acceptors (Lipinski definition) is 5. The molecule has 0 unspecified atom stereocenters. The third kappa shape index (κ3) is 2.97. The second-order valence-corrected chi connectivity index (χ2v) is 6.69.